The molecule has 0 saturated heterocycles. The first-order valence-corrected chi connectivity index (χ1v) is 5.42. The van der Waals surface area contributed by atoms with Crippen molar-refractivity contribution >= 4 is 11.3 Å². The van der Waals surface area contributed by atoms with Gasteiger partial charge in [-0.3, -0.25) is 4.40 Å². The van der Waals surface area contributed by atoms with Gasteiger partial charge in [0.25, 0.3) is 0 Å². The third-order valence-corrected chi connectivity index (χ3v) is 2.79. The highest BCUT2D eigenvalue weighted by Gasteiger charge is 2.11. The van der Waals surface area contributed by atoms with Crippen LogP contribution in [0.15, 0.2) is 42.7 Å². The van der Waals surface area contributed by atoms with Gasteiger partial charge in [0, 0.05) is 18.0 Å². The third-order valence-electron chi connectivity index (χ3n) is 2.79. The molecule has 0 aliphatic carbocycles. The van der Waals surface area contributed by atoms with E-state index in [-0.39, 0.29) is 0 Å². The fourth-order valence-electron chi connectivity index (χ4n) is 2.03. The minimum absolute atomic E-state index is 0.514. The predicted octanol–water partition coefficient (Wildman–Crippen LogP) is 2.29. The first-order valence-electron chi connectivity index (χ1n) is 5.42. The molecule has 17 heavy (non-hydrogen) atoms. The van der Waals surface area contributed by atoms with E-state index in [1.54, 1.807) is 6.20 Å². The van der Waals surface area contributed by atoms with Gasteiger partial charge < -0.3 is 5.73 Å². The van der Waals surface area contributed by atoms with Crippen molar-refractivity contribution in [3.63, 3.8) is 0 Å². The molecular formula is C13H12N4. The Labute approximate surface area is 98.8 Å². The molecule has 1 aromatic carbocycles. The Hall–Kier alpha value is -2.36. The van der Waals surface area contributed by atoms with Gasteiger partial charge in [-0.05, 0) is 6.92 Å². The van der Waals surface area contributed by atoms with E-state index < -0.39 is 0 Å². The molecule has 2 N–H and O–H groups in total. The van der Waals surface area contributed by atoms with E-state index in [0.717, 1.165) is 22.6 Å². The van der Waals surface area contributed by atoms with E-state index in [4.69, 9.17) is 5.73 Å². The number of anilines is 1. The van der Waals surface area contributed by atoms with Crippen LogP contribution in [0.4, 0.5) is 5.82 Å². The molecule has 0 fully saturated rings. The molecule has 0 spiro atoms. The number of aryl methyl sites for hydroxylation is 1. The highest BCUT2D eigenvalue weighted by molar-refractivity contribution is 5.73. The van der Waals surface area contributed by atoms with Gasteiger partial charge in [-0.1, -0.05) is 30.3 Å². The molecular weight excluding hydrogens is 212 g/mol. The van der Waals surface area contributed by atoms with Gasteiger partial charge in [-0.25, -0.2) is 9.97 Å². The minimum atomic E-state index is 0.514. The summed E-state index contributed by atoms with van der Waals surface area (Å²) in [6.45, 7) is 1.94. The average molecular weight is 224 g/mol. The van der Waals surface area contributed by atoms with E-state index in [2.05, 4.69) is 9.97 Å². The molecule has 3 rings (SSSR count). The number of nitrogens with two attached hydrogens (primary N) is 1. The van der Waals surface area contributed by atoms with E-state index in [0.29, 0.717) is 5.82 Å². The van der Waals surface area contributed by atoms with Crippen LogP contribution in [-0.4, -0.2) is 14.4 Å². The Morgan fingerprint density at radius 1 is 1.18 bits per heavy atom. The maximum Gasteiger partial charge on any atom is 0.149 e. The highest BCUT2D eigenvalue weighted by Crippen LogP contribution is 2.24. The van der Waals surface area contributed by atoms with Crippen LogP contribution in [0, 0.1) is 6.92 Å². The monoisotopic (exact) mass is 224 g/mol. The summed E-state index contributed by atoms with van der Waals surface area (Å²) in [5.74, 6) is 1.41. The van der Waals surface area contributed by atoms with Crippen LogP contribution in [0.25, 0.3) is 16.9 Å². The third kappa shape index (κ3) is 1.45. The van der Waals surface area contributed by atoms with Gasteiger partial charge in [0.1, 0.15) is 17.2 Å². The van der Waals surface area contributed by atoms with E-state index in [9.17, 15) is 0 Å². The number of nitrogens with zero attached hydrogens (tertiary/aromatic N) is 3. The summed E-state index contributed by atoms with van der Waals surface area (Å²) >= 11 is 0. The molecule has 0 amide bonds. The van der Waals surface area contributed by atoms with Crippen molar-refractivity contribution in [2.45, 2.75) is 6.92 Å². The van der Waals surface area contributed by atoms with Crippen molar-refractivity contribution in [1.29, 1.82) is 0 Å². The van der Waals surface area contributed by atoms with Gasteiger partial charge in [-0.15, -0.1) is 0 Å². The second-order valence-corrected chi connectivity index (χ2v) is 3.92. The lowest BCUT2D eigenvalue weighted by atomic mass is 10.2. The quantitative estimate of drug-likeness (QED) is 0.690. The zero-order chi connectivity index (χ0) is 11.8. The van der Waals surface area contributed by atoms with Crippen molar-refractivity contribution in [3.05, 3.63) is 48.4 Å². The summed E-state index contributed by atoms with van der Waals surface area (Å²) in [4.78, 5) is 8.66. The van der Waals surface area contributed by atoms with Gasteiger partial charge in [-0.2, -0.15) is 0 Å². The molecule has 0 unspecified atom stereocenters. The molecule has 0 bridgehead atoms. The molecule has 3 aromatic rings. The number of benzene rings is 1. The first-order chi connectivity index (χ1) is 8.27. The van der Waals surface area contributed by atoms with E-state index in [1.165, 1.54) is 0 Å². The SMILES string of the molecule is Cc1nc(-c2ccccc2)n2ccnc(N)c12. The second kappa shape index (κ2) is 3.59. The predicted molar refractivity (Wildman–Crippen MR) is 67.6 cm³/mol. The molecule has 0 radical (unpaired) electrons. The zero-order valence-electron chi connectivity index (χ0n) is 9.46. The molecule has 0 aliphatic heterocycles. The van der Waals surface area contributed by atoms with Gasteiger partial charge in [0.05, 0.1) is 5.69 Å². The summed E-state index contributed by atoms with van der Waals surface area (Å²) in [6, 6.07) is 10.0. The van der Waals surface area contributed by atoms with Crippen LogP contribution in [0.3, 0.4) is 0 Å². The standard InChI is InChI=1S/C13H12N4/c1-9-11-12(14)15-7-8-17(11)13(16-9)10-5-3-2-4-6-10/h2-8H,1H3,(H2,14,15). The fraction of sp³-hybridized carbons (Fsp3) is 0.0769. The van der Waals surface area contributed by atoms with E-state index >= 15 is 0 Å². The number of fused-ring (bicyclic) bond motifs is 1. The van der Waals surface area contributed by atoms with E-state index in [1.807, 2.05) is 47.9 Å². The molecule has 2 heterocycles. The van der Waals surface area contributed by atoms with Crippen LogP contribution < -0.4 is 5.73 Å². The van der Waals surface area contributed by atoms with Crippen molar-refractivity contribution in [1.82, 2.24) is 14.4 Å². The number of hydrogen-bond donors (Lipinski definition) is 1. The largest absolute Gasteiger partial charge is 0.382 e. The molecule has 4 heteroatoms. The Morgan fingerprint density at radius 2 is 1.94 bits per heavy atom. The fourth-order valence-corrected chi connectivity index (χ4v) is 2.03. The van der Waals surface area contributed by atoms with Crippen LogP contribution in [0.2, 0.25) is 0 Å². The van der Waals surface area contributed by atoms with Crippen LogP contribution in [0.1, 0.15) is 5.69 Å². The number of rotatable bonds is 1. The van der Waals surface area contributed by atoms with Crippen molar-refractivity contribution in [2.24, 2.45) is 0 Å². The number of aromatic nitrogens is 3. The number of hydrogen-bond acceptors (Lipinski definition) is 3. The Bertz CT molecular complexity index is 670. The van der Waals surface area contributed by atoms with Gasteiger partial charge in [0.2, 0.25) is 0 Å². The minimum Gasteiger partial charge on any atom is -0.382 e. The molecule has 0 atom stereocenters. The number of imidazole rings is 1. The zero-order valence-corrected chi connectivity index (χ0v) is 9.46. The lowest BCUT2D eigenvalue weighted by molar-refractivity contribution is 1.13. The molecule has 4 nitrogen and oxygen atoms in total. The normalized spacial score (nSPS) is 10.9. The lowest BCUT2D eigenvalue weighted by Crippen LogP contribution is -1.96. The van der Waals surface area contributed by atoms with Crippen LogP contribution in [-0.2, 0) is 0 Å². The van der Waals surface area contributed by atoms with Crippen molar-refractivity contribution in [3.8, 4) is 11.4 Å². The van der Waals surface area contributed by atoms with Gasteiger partial charge in [0.15, 0.2) is 0 Å². The molecule has 0 aliphatic rings. The summed E-state index contributed by atoms with van der Waals surface area (Å²) in [7, 11) is 0. The average Bonchev–Trinajstić information content (AvgIpc) is 2.69. The summed E-state index contributed by atoms with van der Waals surface area (Å²) in [6.07, 6.45) is 3.57. The Kier molecular flexibility index (Phi) is 2.08. The topological polar surface area (TPSA) is 56.2 Å². The smallest absolute Gasteiger partial charge is 0.149 e. The number of nitrogen functional groups attached to an aromatic ring is 1. The maximum atomic E-state index is 5.88. The van der Waals surface area contributed by atoms with Crippen molar-refractivity contribution in [2.75, 3.05) is 5.73 Å². The first kappa shape index (κ1) is 9.84. The van der Waals surface area contributed by atoms with Crippen molar-refractivity contribution < 1.29 is 0 Å². The van der Waals surface area contributed by atoms with Crippen LogP contribution in [0.5, 0.6) is 0 Å². The molecule has 0 saturated carbocycles. The molecule has 2 aromatic heterocycles. The van der Waals surface area contributed by atoms with Gasteiger partial charge >= 0.3 is 0 Å². The summed E-state index contributed by atoms with van der Waals surface area (Å²) < 4.78 is 1.98. The van der Waals surface area contributed by atoms with Crippen LogP contribution >= 0.6 is 0 Å². The summed E-state index contributed by atoms with van der Waals surface area (Å²) in [5, 5.41) is 0. The Morgan fingerprint density at radius 3 is 2.71 bits per heavy atom. The Balaban J connectivity index is 2.36. The lowest BCUT2D eigenvalue weighted by Gasteiger charge is -2.01. The summed E-state index contributed by atoms with van der Waals surface area (Å²) in [5.41, 5.74) is 8.73. The highest BCUT2D eigenvalue weighted by atomic mass is 15.1. The second-order valence-electron chi connectivity index (χ2n) is 3.92. The maximum absolute atomic E-state index is 5.88. The molecule has 84 valence electrons.